The van der Waals surface area contributed by atoms with Gasteiger partial charge in [0.2, 0.25) is 0 Å². The molecule has 2 aromatic heterocycles. The lowest BCUT2D eigenvalue weighted by molar-refractivity contribution is 0.246. The minimum absolute atomic E-state index is 0.0113. The first-order chi connectivity index (χ1) is 11.2. The van der Waals surface area contributed by atoms with Gasteiger partial charge in [0.05, 0.1) is 10.7 Å². The average Bonchev–Trinajstić information content (AvgIpc) is 2.58. The van der Waals surface area contributed by atoms with Crippen molar-refractivity contribution in [3.63, 3.8) is 0 Å². The molecule has 0 radical (unpaired) electrons. The summed E-state index contributed by atoms with van der Waals surface area (Å²) < 4.78 is 1.69. The van der Waals surface area contributed by atoms with Crippen molar-refractivity contribution in [3.05, 3.63) is 51.8 Å². The number of hydrogen-bond acceptors (Lipinski definition) is 5. The lowest BCUT2D eigenvalue weighted by Crippen LogP contribution is -2.48. The Balaban J connectivity index is 1.62. The Morgan fingerprint density at radius 1 is 1.17 bits per heavy atom. The van der Waals surface area contributed by atoms with Crippen LogP contribution in [0.3, 0.4) is 0 Å². The van der Waals surface area contributed by atoms with Gasteiger partial charge in [-0.1, -0.05) is 11.6 Å². The largest absolute Gasteiger partial charge is 0.349 e. The third-order valence-corrected chi connectivity index (χ3v) is 4.31. The highest BCUT2D eigenvalue weighted by Crippen LogP contribution is 2.12. The summed E-state index contributed by atoms with van der Waals surface area (Å²) in [5.74, 6) is 0.554. The van der Waals surface area contributed by atoms with Crippen LogP contribution in [0.1, 0.15) is 12.6 Å². The summed E-state index contributed by atoms with van der Waals surface area (Å²) in [5.41, 5.74) is 0.997. The Morgan fingerprint density at radius 2 is 1.96 bits per heavy atom. The van der Waals surface area contributed by atoms with Crippen molar-refractivity contribution < 1.29 is 0 Å². The first-order valence-corrected chi connectivity index (χ1v) is 8.18. The topological polar surface area (TPSA) is 54.3 Å². The molecule has 0 N–H and O–H groups in total. The van der Waals surface area contributed by atoms with Crippen LogP contribution < -0.4 is 10.5 Å². The van der Waals surface area contributed by atoms with Crippen LogP contribution in [-0.4, -0.2) is 45.6 Å². The Labute approximate surface area is 140 Å². The van der Waals surface area contributed by atoms with Gasteiger partial charge in [-0.15, -0.1) is 0 Å². The van der Waals surface area contributed by atoms with Gasteiger partial charge in [-0.3, -0.25) is 14.7 Å². The van der Waals surface area contributed by atoms with Crippen molar-refractivity contribution in [2.24, 2.45) is 0 Å². The second-order valence-electron chi connectivity index (χ2n) is 5.57. The van der Waals surface area contributed by atoms with Crippen LogP contribution in [0.5, 0.6) is 0 Å². The molecule has 23 heavy (non-hydrogen) atoms. The molecule has 1 fully saturated rings. The maximum atomic E-state index is 12.3. The summed E-state index contributed by atoms with van der Waals surface area (Å²) in [6.45, 7) is 6.78. The van der Waals surface area contributed by atoms with Crippen molar-refractivity contribution >= 4 is 17.4 Å². The number of anilines is 1. The molecule has 0 amide bonds. The Morgan fingerprint density at radius 3 is 2.61 bits per heavy atom. The fraction of sp³-hybridized carbons (Fsp3) is 0.438. The molecule has 0 aliphatic carbocycles. The van der Waals surface area contributed by atoms with Gasteiger partial charge in [0.15, 0.2) is 5.82 Å². The molecule has 0 atom stereocenters. The van der Waals surface area contributed by atoms with Crippen LogP contribution in [-0.2, 0) is 13.1 Å². The number of nitrogens with zero attached hydrogens (tertiary/aromatic N) is 5. The quantitative estimate of drug-likeness (QED) is 0.851. The summed E-state index contributed by atoms with van der Waals surface area (Å²) >= 11 is 5.86. The van der Waals surface area contributed by atoms with Gasteiger partial charge < -0.3 is 9.47 Å². The molecule has 3 rings (SSSR count). The molecule has 122 valence electrons. The molecule has 7 heteroatoms. The maximum Gasteiger partial charge on any atom is 0.293 e. The molecular formula is C16H20ClN5O. The predicted molar refractivity (Wildman–Crippen MR) is 90.9 cm³/mol. The third-order valence-electron chi connectivity index (χ3n) is 4.08. The Kier molecular flexibility index (Phi) is 4.93. The monoisotopic (exact) mass is 333 g/mol. The van der Waals surface area contributed by atoms with Gasteiger partial charge in [-0.25, -0.2) is 4.98 Å². The van der Waals surface area contributed by atoms with E-state index in [2.05, 4.69) is 19.8 Å². The Bertz CT molecular complexity index is 707. The molecule has 0 unspecified atom stereocenters. The zero-order valence-electron chi connectivity index (χ0n) is 13.2. The highest BCUT2D eigenvalue weighted by atomic mass is 35.5. The van der Waals surface area contributed by atoms with Gasteiger partial charge in [-0.05, 0) is 19.1 Å². The van der Waals surface area contributed by atoms with Crippen LogP contribution in [0.2, 0.25) is 5.02 Å². The summed E-state index contributed by atoms with van der Waals surface area (Å²) in [4.78, 5) is 25.3. The van der Waals surface area contributed by atoms with Gasteiger partial charge in [0.1, 0.15) is 0 Å². The molecule has 0 spiro atoms. The van der Waals surface area contributed by atoms with E-state index in [1.165, 1.54) is 0 Å². The van der Waals surface area contributed by atoms with Crippen molar-refractivity contribution in [3.8, 4) is 0 Å². The molecule has 0 saturated carbocycles. The molecular weight excluding hydrogens is 314 g/mol. The zero-order valence-corrected chi connectivity index (χ0v) is 13.9. The molecule has 6 nitrogen and oxygen atoms in total. The smallest absolute Gasteiger partial charge is 0.293 e. The van der Waals surface area contributed by atoms with E-state index >= 15 is 0 Å². The van der Waals surface area contributed by atoms with Crippen molar-refractivity contribution in [1.82, 2.24) is 19.4 Å². The fourth-order valence-corrected chi connectivity index (χ4v) is 2.86. The Hall–Kier alpha value is -1.92. The number of rotatable bonds is 4. The van der Waals surface area contributed by atoms with E-state index in [1.807, 2.05) is 19.1 Å². The first-order valence-electron chi connectivity index (χ1n) is 7.80. The molecule has 0 aromatic carbocycles. The van der Waals surface area contributed by atoms with E-state index in [1.54, 1.807) is 23.2 Å². The van der Waals surface area contributed by atoms with Crippen molar-refractivity contribution in [2.75, 3.05) is 31.1 Å². The van der Waals surface area contributed by atoms with E-state index in [0.29, 0.717) is 17.4 Å². The van der Waals surface area contributed by atoms with E-state index in [0.717, 1.165) is 38.4 Å². The second kappa shape index (κ2) is 7.10. The van der Waals surface area contributed by atoms with E-state index < -0.39 is 0 Å². The summed E-state index contributed by atoms with van der Waals surface area (Å²) in [5, 5.41) is 0.654. The van der Waals surface area contributed by atoms with Gasteiger partial charge in [-0.2, -0.15) is 0 Å². The summed E-state index contributed by atoms with van der Waals surface area (Å²) in [6.07, 6.45) is 5.10. The number of halogens is 1. The lowest BCUT2D eigenvalue weighted by Gasteiger charge is -2.34. The van der Waals surface area contributed by atoms with Gasteiger partial charge in [0, 0.05) is 57.9 Å². The third kappa shape index (κ3) is 3.71. The van der Waals surface area contributed by atoms with Gasteiger partial charge in [0.25, 0.3) is 5.56 Å². The van der Waals surface area contributed by atoms with E-state index in [-0.39, 0.29) is 5.56 Å². The fourth-order valence-electron chi connectivity index (χ4n) is 2.75. The van der Waals surface area contributed by atoms with Crippen molar-refractivity contribution in [1.29, 1.82) is 0 Å². The molecule has 2 aromatic rings. The summed E-state index contributed by atoms with van der Waals surface area (Å²) in [7, 11) is 0. The van der Waals surface area contributed by atoms with Gasteiger partial charge >= 0.3 is 0 Å². The van der Waals surface area contributed by atoms with Crippen molar-refractivity contribution in [2.45, 2.75) is 20.0 Å². The summed E-state index contributed by atoms with van der Waals surface area (Å²) in [6, 6.07) is 3.81. The zero-order chi connectivity index (χ0) is 16.2. The normalized spacial score (nSPS) is 15.8. The maximum absolute atomic E-state index is 12.3. The molecule has 0 bridgehead atoms. The number of aromatic nitrogens is 3. The van der Waals surface area contributed by atoms with E-state index in [4.69, 9.17) is 11.6 Å². The molecule has 3 heterocycles. The highest BCUT2D eigenvalue weighted by Gasteiger charge is 2.20. The van der Waals surface area contributed by atoms with Crippen LogP contribution in [0.15, 0.2) is 35.5 Å². The standard InChI is InChI=1S/C16H20ClN5O/c1-2-21-6-5-18-15(16(21)23)22-9-7-20(8-10-22)12-14-4-3-13(17)11-19-14/h3-6,11H,2,7-10,12H2,1H3. The minimum atomic E-state index is -0.0113. The van der Waals surface area contributed by atoms with Crippen LogP contribution >= 0.6 is 11.6 Å². The minimum Gasteiger partial charge on any atom is -0.349 e. The van der Waals surface area contributed by atoms with Crippen LogP contribution in [0.4, 0.5) is 5.82 Å². The highest BCUT2D eigenvalue weighted by molar-refractivity contribution is 6.30. The van der Waals surface area contributed by atoms with E-state index in [9.17, 15) is 4.79 Å². The molecule has 1 aliphatic rings. The lowest BCUT2D eigenvalue weighted by atomic mass is 10.2. The number of hydrogen-bond donors (Lipinski definition) is 0. The first kappa shape index (κ1) is 16.0. The SMILES string of the molecule is CCn1ccnc(N2CCN(Cc3ccc(Cl)cn3)CC2)c1=O. The average molecular weight is 334 g/mol. The number of piperazine rings is 1. The van der Waals surface area contributed by atoms with Crippen LogP contribution in [0.25, 0.3) is 0 Å². The van der Waals surface area contributed by atoms with Crippen LogP contribution in [0, 0.1) is 0 Å². The predicted octanol–water partition coefficient (Wildman–Crippen LogP) is 1.63. The number of pyridine rings is 1. The molecule has 1 aliphatic heterocycles. The molecule has 1 saturated heterocycles. The number of aryl methyl sites for hydroxylation is 1. The second-order valence-corrected chi connectivity index (χ2v) is 6.01.